The zero-order chi connectivity index (χ0) is 21.3. The molecule has 0 saturated carbocycles. The SMILES string of the molecule is COC(=O)CCCNC(=O)CSc1nnc(-c2ccncc2)n1-c1ccccc1C. The van der Waals surface area contributed by atoms with Crippen LogP contribution in [-0.4, -0.2) is 51.0 Å². The standard InChI is InChI=1S/C21H23N5O3S/c1-15-6-3-4-7-17(15)26-20(16-9-12-22-13-10-16)24-25-21(26)30-14-18(27)23-11-5-8-19(28)29-2/h3-4,6-7,9-10,12-13H,5,8,11,14H2,1-2H3,(H,23,27). The van der Waals surface area contributed by atoms with Gasteiger partial charge in [-0.05, 0) is 37.1 Å². The van der Waals surface area contributed by atoms with Crippen LogP contribution >= 0.6 is 11.8 Å². The Kier molecular flexibility index (Phi) is 7.56. The topological polar surface area (TPSA) is 99.0 Å². The van der Waals surface area contributed by atoms with Crippen LogP contribution in [-0.2, 0) is 14.3 Å². The molecule has 0 aliphatic rings. The highest BCUT2D eigenvalue weighted by atomic mass is 32.2. The minimum atomic E-state index is -0.284. The number of rotatable bonds is 9. The van der Waals surface area contributed by atoms with Crippen LogP contribution < -0.4 is 5.32 Å². The summed E-state index contributed by atoms with van der Waals surface area (Å²) in [6.07, 6.45) is 4.23. The van der Waals surface area contributed by atoms with E-state index in [1.165, 1.54) is 18.9 Å². The van der Waals surface area contributed by atoms with E-state index >= 15 is 0 Å². The first-order chi connectivity index (χ1) is 14.6. The van der Waals surface area contributed by atoms with Crippen molar-refractivity contribution in [1.29, 1.82) is 0 Å². The summed E-state index contributed by atoms with van der Waals surface area (Å²) in [5.74, 6) is 0.467. The number of hydrogen-bond donors (Lipinski definition) is 1. The van der Waals surface area contributed by atoms with Gasteiger partial charge >= 0.3 is 5.97 Å². The average Bonchev–Trinajstić information content (AvgIpc) is 3.19. The van der Waals surface area contributed by atoms with Gasteiger partial charge in [0.05, 0.1) is 18.6 Å². The zero-order valence-corrected chi connectivity index (χ0v) is 17.7. The van der Waals surface area contributed by atoms with Crippen molar-refractivity contribution in [3.05, 3.63) is 54.4 Å². The van der Waals surface area contributed by atoms with E-state index in [0.717, 1.165) is 16.8 Å². The molecule has 0 saturated heterocycles. The second-order valence-corrected chi connectivity index (χ2v) is 7.42. The van der Waals surface area contributed by atoms with Gasteiger partial charge < -0.3 is 10.1 Å². The number of nitrogens with one attached hydrogen (secondary N) is 1. The molecule has 1 amide bonds. The number of esters is 1. The molecule has 0 aliphatic heterocycles. The van der Waals surface area contributed by atoms with Crippen molar-refractivity contribution in [2.75, 3.05) is 19.4 Å². The Morgan fingerprint density at radius 3 is 2.63 bits per heavy atom. The number of methoxy groups -OCH3 is 1. The molecule has 0 radical (unpaired) electrons. The van der Waals surface area contributed by atoms with Gasteiger partial charge in [0.15, 0.2) is 11.0 Å². The maximum Gasteiger partial charge on any atom is 0.305 e. The van der Waals surface area contributed by atoms with Crippen LogP contribution in [0, 0.1) is 6.92 Å². The van der Waals surface area contributed by atoms with Gasteiger partial charge in [0.1, 0.15) is 0 Å². The van der Waals surface area contributed by atoms with Gasteiger partial charge in [-0.15, -0.1) is 10.2 Å². The lowest BCUT2D eigenvalue weighted by Gasteiger charge is -2.12. The largest absolute Gasteiger partial charge is 0.469 e. The number of carbonyl (C=O) groups excluding carboxylic acids is 2. The highest BCUT2D eigenvalue weighted by Gasteiger charge is 2.18. The molecule has 8 nitrogen and oxygen atoms in total. The van der Waals surface area contributed by atoms with Crippen molar-refractivity contribution < 1.29 is 14.3 Å². The number of aromatic nitrogens is 4. The lowest BCUT2D eigenvalue weighted by atomic mass is 10.2. The van der Waals surface area contributed by atoms with Gasteiger partial charge in [-0.3, -0.25) is 19.1 Å². The molecule has 0 aliphatic carbocycles. The van der Waals surface area contributed by atoms with E-state index in [1.807, 2.05) is 47.9 Å². The van der Waals surface area contributed by atoms with Crippen LogP contribution in [0.5, 0.6) is 0 Å². The first-order valence-electron chi connectivity index (χ1n) is 9.48. The van der Waals surface area contributed by atoms with Crippen LogP contribution in [0.1, 0.15) is 18.4 Å². The molecular weight excluding hydrogens is 402 g/mol. The number of aryl methyl sites for hydroxylation is 1. The normalized spacial score (nSPS) is 10.6. The molecule has 30 heavy (non-hydrogen) atoms. The van der Waals surface area contributed by atoms with Crippen molar-refractivity contribution in [2.45, 2.75) is 24.9 Å². The van der Waals surface area contributed by atoms with Crippen molar-refractivity contribution in [2.24, 2.45) is 0 Å². The Morgan fingerprint density at radius 1 is 1.13 bits per heavy atom. The lowest BCUT2D eigenvalue weighted by Crippen LogP contribution is -2.26. The fraction of sp³-hybridized carbons (Fsp3) is 0.286. The maximum absolute atomic E-state index is 12.2. The molecule has 3 rings (SSSR count). The van der Waals surface area contributed by atoms with E-state index in [2.05, 4.69) is 25.2 Å². The van der Waals surface area contributed by atoms with E-state index in [9.17, 15) is 9.59 Å². The summed E-state index contributed by atoms with van der Waals surface area (Å²) in [5.41, 5.74) is 2.91. The number of hydrogen-bond acceptors (Lipinski definition) is 7. The van der Waals surface area contributed by atoms with Gasteiger partial charge in [-0.2, -0.15) is 0 Å². The fourth-order valence-electron chi connectivity index (χ4n) is 2.83. The third kappa shape index (κ3) is 5.44. The monoisotopic (exact) mass is 425 g/mol. The average molecular weight is 426 g/mol. The van der Waals surface area contributed by atoms with E-state index in [0.29, 0.717) is 23.9 Å². The Balaban J connectivity index is 1.74. The predicted octanol–water partition coefficient (Wildman–Crippen LogP) is 2.80. The number of carbonyl (C=O) groups is 2. The van der Waals surface area contributed by atoms with Crippen LogP contribution in [0.15, 0.2) is 53.9 Å². The minimum absolute atomic E-state index is 0.130. The molecule has 2 aromatic heterocycles. The highest BCUT2D eigenvalue weighted by Crippen LogP contribution is 2.29. The second kappa shape index (κ2) is 10.5. The Morgan fingerprint density at radius 2 is 1.90 bits per heavy atom. The summed E-state index contributed by atoms with van der Waals surface area (Å²) < 4.78 is 6.55. The molecule has 0 unspecified atom stereocenters. The summed E-state index contributed by atoms with van der Waals surface area (Å²) in [6, 6.07) is 11.7. The molecule has 0 fully saturated rings. The number of ether oxygens (including phenoxy) is 1. The number of para-hydroxylation sites is 1. The Labute approximate surface area is 179 Å². The molecule has 156 valence electrons. The number of pyridine rings is 1. The number of nitrogens with zero attached hydrogens (tertiary/aromatic N) is 4. The van der Waals surface area contributed by atoms with Crippen LogP contribution in [0.4, 0.5) is 0 Å². The van der Waals surface area contributed by atoms with Crippen LogP contribution in [0.2, 0.25) is 0 Å². The lowest BCUT2D eigenvalue weighted by molar-refractivity contribution is -0.140. The molecule has 3 aromatic rings. The first kappa shape index (κ1) is 21.5. The van der Waals surface area contributed by atoms with Gasteiger partial charge in [0.2, 0.25) is 5.91 Å². The third-order valence-corrected chi connectivity index (χ3v) is 5.30. The van der Waals surface area contributed by atoms with E-state index in [-0.39, 0.29) is 24.1 Å². The maximum atomic E-state index is 12.2. The zero-order valence-electron chi connectivity index (χ0n) is 16.9. The number of thioether (sulfide) groups is 1. The fourth-order valence-corrected chi connectivity index (χ4v) is 3.60. The predicted molar refractivity (Wildman–Crippen MR) is 114 cm³/mol. The van der Waals surface area contributed by atoms with Crippen molar-refractivity contribution in [3.63, 3.8) is 0 Å². The van der Waals surface area contributed by atoms with Gasteiger partial charge in [-0.1, -0.05) is 30.0 Å². The molecule has 0 spiro atoms. The van der Waals surface area contributed by atoms with Crippen molar-refractivity contribution in [3.8, 4) is 17.1 Å². The van der Waals surface area contributed by atoms with Gasteiger partial charge in [0.25, 0.3) is 0 Å². The van der Waals surface area contributed by atoms with E-state index in [1.54, 1.807) is 12.4 Å². The van der Waals surface area contributed by atoms with Gasteiger partial charge in [-0.25, -0.2) is 0 Å². The summed E-state index contributed by atoms with van der Waals surface area (Å²) in [5, 5.41) is 12.1. The molecule has 1 aromatic carbocycles. The summed E-state index contributed by atoms with van der Waals surface area (Å²) >= 11 is 1.31. The Bertz CT molecular complexity index is 1010. The number of benzene rings is 1. The van der Waals surface area contributed by atoms with Gasteiger partial charge in [0, 0.05) is 30.9 Å². The number of amides is 1. The quantitative estimate of drug-likeness (QED) is 0.320. The smallest absolute Gasteiger partial charge is 0.305 e. The summed E-state index contributed by atoms with van der Waals surface area (Å²) in [7, 11) is 1.35. The third-order valence-electron chi connectivity index (χ3n) is 4.37. The molecule has 0 bridgehead atoms. The van der Waals surface area contributed by atoms with Crippen LogP contribution in [0.3, 0.4) is 0 Å². The van der Waals surface area contributed by atoms with E-state index in [4.69, 9.17) is 0 Å². The molecule has 0 atom stereocenters. The summed E-state index contributed by atoms with van der Waals surface area (Å²) in [4.78, 5) is 27.4. The molecule has 1 N–H and O–H groups in total. The Hall–Kier alpha value is -3.20. The second-order valence-electron chi connectivity index (χ2n) is 6.48. The van der Waals surface area contributed by atoms with Crippen molar-refractivity contribution >= 4 is 23.6 Å². The minimum Gasteiger partial charge on any atom is -0.469 e. The molecule has 2 heterocycles. The van der Waals surface area contributed by atoms with E-state index < -0.39 is 0 Å². The first-order valence-corrected chi connectivity index (χ1v) is 10.5. The van der Waals surface area contributed by atoms with Crippen LogP contribution in [0.25, 0.3) is 17.1 Å². The van der Waals surface area contributed by atoms with Crippen molar-refractivity contribution in [1.82, 2.24) is 25.1 Å². The molecule has 9 heteroatoms. The highest BCUT2D eigenvalue weighted by molar-refractivity contribution is 7.99. The molecular formula is C21H23N5O3S. The summed E-state index contributed by atoms with van der Waals surface area (Å²) in [6.45, 7) is 2.44.